The molecule has 5 heteroatoms. The number of aryl methyl sites for hydroxylation is 2. The van der Waals surface area contributed by atoms with Crippen molar-refractivity contribution in [1.29, 1.82) is 0 Å². The van der Waals surface area contributed by atoms with E-state index in [1.165, 1.54) is 0 Å². The summed E-state index contributed by atoms with van der Waals surface area (Å²) in [7, 11) is 0. The van der Waals surface area contributed by atoms with Gasteiger partial charge in [-0.05, 0) is 38.0 Å². The van der Waals surface area contributed by atoms with Gasteiger partial charge in [-0.3, -0.25) is 0 Å². The standard InChI is InChI=1S/C13H15N3O2/c1-4-18-13(17)11-8-16(15-14-11)12-7-9(2)5-6-10(12)3/h5-8H,4H2,1-3H3. The number of esters is 1. The van der Waals surface area contributed by atoms with E-state index in [0.717, 1.165) is 16.8 Å². The topological polar surface area (TPSA) is 57.0 Å². The number of nitrogens with zero attached hydrogens (tertiary/aromatic N) is 3. The van der Waals surface area contributed by atoms with Crippen molar-refractivity contribution in [3.8, 4) is 5.69 Å². The van der Waals surface area contributed by atoms with E-state index in [4.69, 9.17) is 4.74 Å². The van der Waals surface area contributed by atoms with E-state index in [2.05, 4.69) is 10.3 Å². The zero-order valence-corrected chi connectivity index (χ0v) is 10.7. The second-order valence-corrected chi connectivity index (χ2v) is 4.06. The van der Waals surface area contributed by atoms with Crippen molar-refractivity contribution in [2.45, 2.75) is 20.8 Å². The lowest BCUT2D eigenvalue weighted by molar-refractivity contribution is 0.0519. The molecule has 0 radical (unpaired) electrons. The van der Waals surface area contributed by atoms with Crippen molar-refractivity contribution in [3.63, 3.8) is 0 Å². The fourth-order valence-corrected chi connectivity index (χ4v) is 1.65. The van der Waals surface area contributed by atoms with Gasteiger partial charge >= 0.3 is 5.97 Å². The maximum Gasteiger partial charge on any atom is 0.360 e. The van der Waals surface area contributed by atoms with Crippen LogP contribution < -0.4 is 0 Å². The van der Waals surface area contributed by atoms with Gasteiger partial charge in [-0.2, -0.15) is 0 Å². The van der Waals surface area contributed by atoms with E-state index in [9.17, 15) is 4.79 Å². The highest BCUT2D eigenvalue weighted by molar-refractivity contribution is 5.86. The fraction of sp³-hybridized carbons (Fsp3) is 0.308. The van der Waals surface area contributed by atoms with E-state index in [1.54, 1.807) is 17.8 Å². The number of hydrogen-bond donors (Lipinski definition) is 0. The normalized spacial score (nSPS) is 10.4. The van der Waals surface area contributed by atoms with Crippen LogP contribution >= 0.6 is 0 Å². The van der Waals surface area contributed by atoms with Crippen molar-refractivity contribution in [2.75, 3.05) is 6.61 Å². The number of carbonyl (C=O) groups is 1. The second kappa shape index (κ2) is 5.00. The van der Waals surface area contributed by atoms with Gasteiger partial charge in [0.25, 0.3) is 0 Å². The highest BCUT2D eigenvalue weighted by atomic mass is 16.5. The van der Waals surface area contributed by atoms with Gasteiger partial charge in [0.1, 0.15) is 0 Å². The number of hydrogen-bond acceptors (Lipinski definition) is 4. The third kappa shape index (κ3) is 2.40. The minimum Gasteiger partial charge on any atom is -0.461 e. The van der Waals surface area contributed by atoms with E-state index < -0.39 is 5.97 Å². The summed E-state index contributed by atoms with van der Waals surface area (Å²) in [4.78, 5) is 11.5. The van der Waals surface area contributed by atoms with Gasteiger partial charge in [-0.1, -0.05) is 17.3 Å². The fourth-order valence-electron chi connectivity index (χ4n) is 1.65. The van der Waals surface area contributed by atoms with Crippen LogP contribution in [-0.4, -0.2) is 27.6 Å². The second-order valence-electron chi connectivity index (χ2n) is 4.06. The average molecular weight is 245 g/mol. The number of aromatic nitrogens is 3. The Bertz CT molecular complexity index is 575. The molecule has 0 saturated heterocycles. The predicted octanol–water partition coefficient (Wildman–Crippen LogP) is 2.06. The molecule has 2 rings (SSSR count). The first-order valence-electron chi connectivity index (χ1n) is 5.79. The van der Waals surface area contributed by atoms with Crippen LogP contribution in [0, 0.1) is 13.8 Å². The monoisotopic (exact) mass is 245 g/mol. The predicted molar refractivity (Wildman–Crippen MR) is 66.8 cm³/mol. The highest BCUT2D eigenvalue weighted by Crippen LogP contribution is 2.15. The summed E-state index contributed by atoms with van der Waals surface area (Å²) in [6.07, 6.45) is 1.58. The summed E-state index contributed by atoms with van der Waals surface area (Å²) in [5, 5.41) is 7.78. The Hall–Kier alpha value is -2.17. The Morgan fingerprint density at radius 3 is 2.89 bits per heavy atom. The molecule has 18 heavy (non-hydrogen) atoms. The Labute approximate surface area is 105 Å². The molecule has 0 aliphatic carbocycles. The molecule has 0 fully saturated rings. The molecule has 0 aliphatic heterocycles. The van der Waals surface area contributed by atoms with Crippen LogP contribution in [0.25, 0.3) is 5.69 Å². The Balaban J connectivity index is 2.35. The van der Waals surface area contributed by atoms with E-state index in [1.807, 2.05) is 32.0 Å². The van der Waals surface area contributed by atoms with Gasteiger partial charge in [-0.25, -0.2) is 9.48 Å². The zero-order chi connectivity index (χ0) is 13.1. The Morgan fingerprint density at radius 1 is 1.39 bits per heavy atom. The lowest BCUT2D eigenvalue weighted by Gasteiger charge is -2.05. The van der Waals surface area contributed by atoms with Crippen molar-refractivity contribution in [2.24, 2.45) is 0 Å². The molecule has 0 unspecified atom stereocenters. The molecular weight excluding hydrogens is 230 g/mol. The highest BCUT2D eigenvalue weighted by Gasteiger charge is 2.13. The molecule has 94 valence electrons. The molecule has 5 nitrogen and oxygen atoms in total. The molecule has 0 bridgehead atoms. The van der Waals surface area contributed by atoms with Gasteiger partial charge in [-0.15, -0.1) is 5.10 Å². The first-order chi connectivity index (χ1) is 8.61. The van der Waals surface area contributed by atoms with Crippen molar-refractivity contribution >= 4 is 5.97 Å². The lowest BCUT2D eigenvalue weighted by Crippen LogP contribution is -2.04. The van der Waals surface area contributed by atoms with Gasteiger partial charge in [0, 0.05) is 0 Å². The molecule has 1 aromatic carbocycles. The number of carbonyl (C=O) groups excluding carboxylic acids is 1. The average Bonchev–Trinajstić information content (AvgIpc) is 2.82. The van der Waals surface area contributed by atoms with Crippen molar-refractivity contribution in [3.05, 3.63) is 41.2 Å². The lowest BCUT2D eigenvalue weighted by atomic mass is 10.1. The minimum absolute atomic E-state index is 0.220. The molecule has 1 aromatic heterocycles. The SMILES string of the molecule is CCOC(=O)c1cn(-c2cc(C)ccc2C)nn1. The van der Waals surface area contributed by atoms with E-state index >= 15 is 0 Å². The molecule has 0 atom stereocenters. The molecule has 0 saturated carbocycles. The number of rotatable bonds is 3. The van der Waals surface area contributed by atoms with E-state index in [-0.39, 0.29) is 5.69 Å². The van der Waals surface area contributed by atoms with Gasteiger partial charge in [0.2, 0.25) is 0 Å². The van der Waals surface area contributed by atoms with Crippen LogP contribution in [0.1, 0.15) is 28.5 Å². The third-order valence-electron chi connectivity index (χ3n) is 2.59. The number of ether oxygens (including phenoxy) is 1. The van der Waals surface area contributed by atoms with Crippen molar-refractivity contribution < 1.29 is 9.53 Å². The maximum atomic E-state index is 11.5. The zero-order valence-electron chi connectivity index (χ0n) is 10.7. The first-order valence-corrected chi connectivity index (χ1v) is 5.79. The van der Waals surface area contributed by atoms with Gasteiger partial charge < -0.3 is 4.74 Å². The molecule has 0 N–H and O–H groups in total. The minimum atomic E-state index is -0.450. The summed E-state index contributed by atoms with van der Waals surface area (Å²) in [5.41, 5.74) is 3.33. The van der Waals surface area contributed by atoms with Crippen LogP contribution in [0.2, 0.25) is 0 Å². The summed E-state index contributed by atoms with van der Waals surface area (Å²) < 4.78 is 6.47. The van der Waals surface area contributed by atoms with Crippen molar-refractivity contribution in [1.82, 2.24) is 15.0 Å². The molecule has 0 amide bonds. The first kappa shape index (κ1) is 12.3. The van der Waals surface area contributed by atoms with Gasteiger partial charge in [0.15, 0.2) is 5.69 Å². The van der Waals surface area contributed by atoms with Crippen LogP contribution in [0.15, 0.2) is 24.4 Å². The Kier molecular flexibility index (Phi) is 3.41. The summed E-state index contributed by atoms with van der Waals surface area (Å²) >= 11 is 0. The largest absolute Gasteiger partial charge is 0.461 e. The summed E-state index contributed by atoms with van der Waals surface area (Å²) in [5.74, 6) is -0.450. The van der Waals surface area contributed by atoms with Crippen LogP contribution in [0.5, 0.6) is 0 Å². The molecule has 1 heterocycles. The summed E-state index contributed by atoms with van der Waals surface area (Å²) in [6.45, 7) is 6.08. The maximum absolute atomic E-state index is 11.5. The molecule has 0 aliphatic rings. The quantitative estimate of drug-likeness (QED) is 0.777. The van der Waals surface area contributed by atoms with Crippen LogP contribution in [-0.2, 0) is 4.74 Å². The molecule has 2 aromatic rings. The smallest absolute Gasteiger partial charge is 0.360 e. The van der Waals surface area contributed by atoms with Crippen LogP contribution in [0.3, 0.4) is 0 Å². The molecule has 0 spiro atoms. The number of benzene rings is 1. The van der Waals surface area contributed by atoms with E-state index in [0.29, 0.717) is 6.61 Å². The summed E-state index contributed by atoms with van der Waals surface area (Å²) in [6, 6.07) is 6.04. The molecular formula is C13H15N3O2. The van der Waals surface area contributed by atoms with Gasteiger partial charge in [0.05, 0.1) is 18.5 Å². The van der Waals surface area contributed by atoms with Crippen LogP contribution in [0.4, 0.5) is 0 Å². The third-order valence-corrected chi connectivity index (χ3v) is 2.59. The Morgan fingerprint density at radius 2 is 2.17 bits per heavy atom.